The van der Waals surface area contributed by atoms with E-state index in [2.05, 4.69) is 10.3 Å². The van der Waals surface area contributed by atoms with Crippen LogP contribution in [0.4, 0.5) is 0 Å². The maximum absolute atomic E-state index is 10.2. The summed E-state index contributed by atoms with van der Waals surface area (Å²) in [7, 11) is 2.81. The average Bonchev–Trinajstić information content (AvgIpc) is 2.58. The third kappa shape index (κ3) is 5.01. The van der Waals surface area contributed by atoms with Gasteiger partial charge in [0.25, 0.3) is 12.2 Å². The predicted octanol–water partition coefficient (Wildman–Crippen LogP) is 4.36. The minimum Gasteiger partial charge on any atom is -0.345 e. The Morgan fingerprint density at radius 3 is 1.58 bits per heavy atom. The van der Waals surface area contributed by atoms with Gasteiger partial charge in [-0.3, -0.25) is 0 Å². The predicted molar refractivity (Wildman–Crippen MR) is 91.6 cm³/mol. The summed E-state index contributed by atoms with van der Waals surface area (Å²) in [4.78, 5) is 32.1. The first-order valence-electron chi connectivity index (χ1n) is 6.68. The first-order chi connectivity index (χ1) is 11.6. The fourth-order valence-corrected chi connectivity index (χ4v) is 4.08. The minimum absolute atomic E-state index is 0.447. The van der Waals surface area contributed by atoms with E-state index in [1.165, 1.54) is 33.7 Å². The Bertz CT molecular complexity index is 759. The standard InChI is InChI=1S/C16H12N2O4S2/c1-11-3-5-13(21-17-9-19)15(7-11)23-24-16-8-12(2)4-6-14(16)22-18-10-20/h3-8H,1-2H3. The van der Waals surface area contributed by atoms with E-state index in [1.807, 2.05) is 38.1 Å². The van der Waals surface area contributed by atoms with Gasteiger partial charge in [0.05, 0.1) is 9.79 Å². The number of hydrogen-bond acceptors (Lipinski definition) is 8. The summed E-state index contributed by atoms with van der Waals surface area (Å²) in [5.41, 5.74) is 2.07. The molecule has 24 heavy (non-hydrogen) atoms. The van der Waals surface area contributed by atoms with E-state index in [0.717, 1.165) is 20.9 Å². The molecule has 0 spiro atoms. The van der Waals surface area contributed by atoms with Crippen molar-refractivity contribution in [3.8, 4) is 11.5 Å². The average molecular weight is 360 g/mol. The van der Waals surface area contributed by atoms with Crippen molar-refractivity contribution >= 4 is 33.7 Å². The quantitative estimate of drug-likeness (QED) is 0.316. The Balaban J connectivity index is 2.24. The third-order valence-electron chi connectivity index (χ3n) is 2.78. The molecule has 0 fully saturated rings. The van der Waals surface area contributed by atoms with Crippen molar-refractivity contribution in [1.29, 1.82) is 0 Å². The van der Waals surface area contributed by atoms with Crippen LogP contribution in [0.5, 0.6) is 11.5 Å². The lowest BCUT2D eigenvalue weighted by Gasteiger charge is -2.09. The van der Waals surface area contributed by atoms with Crippen molar-refractivity contribution < 1.29 is 19.3 Å². The molecule has 2 aromatic rings. The topological polar surface area (TPSA) is 77.3 Å². The monoisotopic (exact) mass is 360 g/mol. The Kier molecular flexibility index (Phi) is 6.66. The zero-order valence-electron chi connectivity index (χ0n) is 12.8. The molecule has 0 saturated heterocycles. The van der Waals surface area contributed by atoms with E-state index in [9.17, 15) is 9.59 Å². The van der Waals surface area contributed by atoms with Gasteiger partial charge >= 0.3 is 0 Å². The molecule has 8 heteroatoms. The summed E-state index contributed by atoms with van der Waals surface area (Å²) in [6, 6.07) is 11.0. The molecule has 0 aliphatic rings. The van der Waals surface area contributed by atoms with Crippen LogP contribution in [0.2, 0.25) is 0 Å². The zero-order chi connectivity index (χ0) is 17.4. The van der Waals surface area contributed by atoms with Gasteiger partial charge in [-0.1, -0.05) is 12.1 Å². The van der Waals surface area contributed by atoms with Crippen molar-refractivity contribution in [2.45, 2.75) is 23.6 Å². The van der Waals surface area contributed by atoms with Gasteiger partial charge in [-0.2, -0.15) is 0 Å². The lowest BCUT2D eigenvalue weighted by molar-refractivity contribution is 0.328. The third-order valence-corrected chi connectivity index (χ3v) is 5.19. The van der Waals surface area contributed by atoms with Gasteiger partial charge in [0.1, 0.15) is 0 Å². The van der Waals surface area contributed by atoms with Gasteiger partial charge < -0.3 is 9.68 Å². The minimum atomic E-state index is 0.447. The molecule has 0 aliphatic carbocycles. The van der Waals surface area contributed by atoms with Crippen LogP contribution in [0.1, 0.15) is 11.1 Å². The van der Waals surface area contributed by atoms with Crippen molar-refractivity contribution in [2.24, 2.45) is 10.3 Å². The molecule has 0 aliphatic heterocycles. The first kappa shape index (κ1) is 17.8. The molecular weight excluding hydrogens is 348 g/mol. The van der Waals surface area contributed by atoms with E-state index in [4.69, 9.17) is 9.68 Å². The lowest BCUT2D eigenvalue weighted by atomic mass is 10.2. The van der Waals surface area contributed by atoms with Crippen LogP contribution < -0.4 is 9.68 Å². The second-order valence-electron chi connectivity index (χ2n) is 4.61. The highest BCUT2D eigenvalue weighted by molar-refractivity contribution is 8.76. The zero-order valence-corrected chi connectivity index (χ0v) is 14.4. The largest absolute Gasteiger partial charge is 0.345 e. The fourth-order valence-electron chi connectivity index (χ4n) is 1.74. The molecule has 0 radical (unpaired) electrons. The Hall–Kier alpha value is -2.50. The summed E-state index contributed by atoms with van der Waals surface area (Å²) in [6.45, 7) is 3.89. The van der Waals surface area contributed by atoms with Gasteiger partial charge in [-0.25, -0.2) is 9.59 Å². The highest BCUT2D eigenvalue weighted by Gasteiger charge is 2.11. The Morgan fingerprint density at radius 1 is 0.792 bits per heavy atom. The highest BCUT2D eigenvalue weighted by Crippen LogP contribution is 2.45. The molecule has 0 bridgehead atoms. The number of isocyanates is 2. The first-order valence-corrected chi connectivity index (χ1v) is 8.83. The smallest absolute Gasteiger partial charge is 0.277 e. The van der Waals surface area contributed by atoms with Gasteiger partial charge in [-0.15, -0.1) is 0 Å². The molecule has 0 saturated carbocycles. The Morgan fingerprint density at radius 2 is 1.21 bits per heavy atom. The van der Waals surface area contributed by atoms with Crippen molar-refractivity contribution in [3.05, 3.63) is 47.5 Å². The number of benzene rings is 2. The van der Waals surface area contributed by atoms with Crippen LogP contribution >= 0.6 is 21.6 Å². The van der Waals surface area contributed by atoms with Crippen LogP contribution in [0.15, 0.2) is 56.5 Å². The molecular formula is C16H12N2O4S2. The Labute approximate surface area is 146 Å². The van der Waals surface area contributed by atoms with Crippen molar-refractivity contribution in [2.75, 3.05) is 0 Å². The summed E-state index contributed by atoms with van der Waals surface area (Å²) >= 11 is 0. The van der Waals surface area contributed by atoms with Crippen LogP contribution in [-0.2, 0) is 9.59 Å². The van der Waals surface area contributed by atoms with Crippen LogP contribution in [0.3, 0.4) is 0 Å². The molecule has 6 nitrogen and oxygen atoms in total. The second kappa shape index (κ2) is 8.96. The molecule has 2 aromatic carbocycles. The van der Waals surface area contributed by atoms with Crippen LogP contribution in [0, 0.1) is 13.8 Å². The SMILES string of the molecule is Cc1ccc(ON=C=O)c(SSc2cc(C)ccc2ON=C=O)c1. The fraction of sp³-hybridized carbons (Fsp3) is 0.125. The lowest BCUT2D eigenvalue weighted by Crippen LogP contribution is -1.87. The van der Waals surface area contributed by atoms with Crippen LogP contribution in [0.25, 0.3) is 0 Å². The number of hydrogen-bond donors (Lipinski definition) is 0. The maximum atomic E-state index is 10.2. The second-order valence-corrected chi connectivity index (χ2v) is 6.83. The van der Waals surface area contributed by atoms with Crippen molar-refractivity contribution in [1.82, 2.24) is 0 Å². The number of nitrogens with zero attached hydrogens (tertiary/aromatic N) is 2. The summed E-state index contributed by atoms with van der Waals surface area (Å²) < 4.78 is 0. The summed E-state index contributed by atoms with van der Waals surface area (Å²) in [5, 5.41) is 6.30. The maximum Gasteiger partial charge on any atom is 0.277 e. The number of carbonyl (C=O) groups excluding carboxylic acids is 2. The van der Waals surface area contributed by atoms with E-state index in [-0.39, 0.29) is 0 Å². The molecule has 0 heterocycles. The molecule has 0 unspecified atom stereocenters. The normalized spacial score (nSPS) is 9.58. The molecule has 0 atom stereocenters. The van der Waals surface area contributed by atoms with Gasteiger partial charge in [0.15, 0.2) is 11.5 Å². The van der Waals surface area contributed by atoms with E-state index in [1.54, 1.807) is 12.1 Å². The van der Waals surface area contributed by atoms with Gasteiger partial charge in [-0.05, 0) is 70.8 Å². The van der Waals surface area contributed by atoms with Crippen molar-refractivity contribution in [3.63, 3.8) is 0 Å². The van der Waals surface area contributed by atoms with Gasteiger partial charge in [0, 0.05) is 10.3 Å². The molecule has 2 rings (SSSR count). The molecule has 122 valence electrons. The summed E-state index contributed by atoms with van der Waals surface area (Å²) in [5.74, 6) is 0.893. The van der Waals surface area contributed by atoms with E-state index < -0.39 is 0 Å². The van der Waals surface area contributed by atoms with E-state index >= 15 is 0 Å². The highest BCUT2D eigenvalue weighted by atomic mass is 33.1. The summed E-state index contributed by atoms with van der Waals surface area (Å²) in [6.07, 6.45) is 2.68. The molecule has 0 amide bonds. The van der Waals surface area contributed by atoms with Crippen LogP contribution in [-0.4, -0.2) is 12.2 Å². The molecule has 0 N–H and O–H groups in total. The molecule has 0 aromatic heterocycles. The number of aryl methyl sites for hydroxylation is 2. The van der Waals surface area contributed by atoms with Gasteiger partial charge in [0.2, 0.25) is 0 Å². The van der Waals surface area contributed by atoms with E-state index in [0.29, 0.717) is 11.5 Å². The number of rotatable bonds is 7.